The van der Waals surface area contributed by atoms with Gasteiger partial charge in [-0.3, -0.25) is 0 Å². The lowest BCUT2D eigenvalue weighted by atomic mass is 9.85. The van der Waals surface area contributed by atoms with Crippen molar-refractivity contribution in [2.75, 3.05) is 6.61 Å². The third-order valence-corrected chi connectivity index (χ3v) is 2.91. The second-order valence-electron chi connectivity index (χ2n) is 5.29. The molecule has 1 aromatic rings. The van der Waals surface area contributed by atoms with Crippen molar-refractivity contribution >= 4 is 0 Å². The van der Waals surface area contributed by atoms with Gasteiger partial charge >= 0.3 is 0 Å². The Morgan fingerprint density at radius 2 is 1.67 bits per heavy atom. The molecule has 15 heavy (non-hydrogen) atoms. The van der Waals surface area contributed by atoms with Gasteiger partial charge in [-0.25, -0.2) is 0 Å². The summed E-state index contributed by atoms with van der Waals surface area (Å²) >= 11 is 0. The van der Waals surface area contributed by atoms with E-state index in [1.807, 2.05) is 0 Å². The van der Waals surface area contributed by atoms with Crippen molar-refractivity contribution in [2.45, 2.75) is 45.4 Å². The molecular formula is C14H22O. The molecule has 1 aromatic carbocycles. The third-order valence-electron chi connectivity index (χ3n) is 2.91. The number of rotatable bonds is 3. The molecule has 0 aliphatic rings. The number of aliphatic hydroxyl groups is 1. The fraction of sp³-hybridized carbons (Fsp3) is 0.571. The summed E-state index contributed by atoms with van der Waals surface area (Å²) in [6.45, 7) is 9.09. The van der Waals surface area contributed by atoms with Crippen molar-refractivity contribution in [3.8, 4) is 0 Å². The Morgan fingerprint density at radius 3 is 2.07 bits per heavy atom. The zero-order valence-corrected chi connectivity index (χ0v) is 10.2. The lowest BCUT2D eigenvalue weighted by Gasteiger charge is -2.20. The summed E-state index contributed by atoms with van der Waals surface area (Å²) in [4.78, 5) is 0. The maximum Gasteiger partial charge on any atom is 0.0436 e. The van der Waals surface area contributed by atoms with E-state index in [1.165, 1.54) is 11.1 Å². The van der Waals surface area contributed by atoms with Crippen molar-refractivity contribution in [3.05, 3.63) is 35.4 Å². The van der Waals surface area contributed by atoms with Crippen LogP contribution in [-0.4, -0.2) is 11.7 Å². The molecule has 0 fully saturated rings. The first-order valence-corrected chi connectivity index (χ1v) is 5.66. The molecule has 1 unspecified atom stereocenters. The van der Waals surface area contributed by atoms with Crippen molar-refractivity contribution in [1.29, 1.82) is 0 Å². The third kappa shape index (κ3) is 3.35. The molecule has 1 atom stereocenters. The Hall–Kier alpha value is -0.820. The van der Waals surface area contributed by atoms with Gasteiger partial charge in [-0.15, -0.1) is 0 Å². The van der Waals surface area contributed by atoms with E-state index in [4.69, 9.17) is 5.11 Å². The minimum Gasteiger partial charge on any atom is -0.396 e. The minimum atomic E-state index is 0.221. The molecule has 0 aliphatic heterocycles. The molecular weight excluding hydrogens is 184 g/mol. The van der Waals surface area contributed by atoms with E-state index in [1.54, 1.807) is 0 Å². The largest absolute Gasteiger partial charge is 0.396 e. The predicted molar refractivity (Wildman–Crippen MR) is 65.3 cm³/mol. The molecule has 0 aromatic heterocycles. The van der Waals surface area contributed by atoms with Crippen LogP contribution < -0.4 is 0 Å². The Labute approximate surface area is 93.1 Å². The molecule has 0 heterocycles. The van der Waals surface area contributed by atoms with Crippen LogP contribution in [0, 0.1) is 0 Å². The Balaban J connectivity index is 2.81. The Bertz CT molecular complexity index is 292. The van der Waals surface area contributed by atoms with Crippen LogP contribution in [0.2, 0.25) is 0 Å². The van der Waals surface area contributed by atoms with E-state index in [0.717, 1.165) is 6.42 Å². The van der Waals surface area contributed by atoms with Crippen LogP contribution in [0.1, 0.15) is 51.2 Å². The molecule has 1 rings (SSSR count). The molecule has 0 radical (unpaired) electrons. The Kier molecular flexibility index (Phi) is 3.92. The number of benzene rings is 1. The Morgan fingerprint density at radius 1 is 1.13 bits per heavy atom. The van der Waals surface area contributed by atoms with Gasteiger partial charge in [0.1, 0.15) is 0 Å². The van der Waals surface area contributed by atoms with Gasteiger partial charge in [0.25, 0.3) is 0 Å². The van der Waals surface area contributed by atoms with Gasteiger partial charge in [0, 0.05) is 6.61 Å². The molecule has 0 bridgehead atoms. The maximum absolute atomic E-state index is 8.88. The van der Waals surface area contributed by atoms with Crippen molar-refractivity contribution < 1.29 is 5.11 Å². The van der Waals surface area contributed by atoms with E-state index in [-0.39, 0.29) is 12.0 Å². The number of aliphatic hydroxyl groups excluding tert-OH is 1. The standard InChI is InChI=1S/C14H22O/c1-11(9-10-15)12-5-7-13(8-6-12)14(2,3)4/h5-8,11,15H,9-10H2,1-4H3. The zero-order chi connectivity index (χ0) is 11.5. The molecule has 1 heteroatoms. The molecule has 1 N–H and O–H groups in total. The summed E-state index contributed by atoms with van der Waals surface area (Å²) < 4.78 is 0. The van der Waals surface area contributed by atoms with Crippen molar-refractivity contribution in [1.82, 2.24) is 0 Å². The van der Waals surface area contributed by atoms with Crippen LogP contribution in [0.5, 0.6) is 0 Å². The van der Waals surface area contributed by atoms with Crippen molar-refractivity contribution in [2.24, 2.45) is 0 Å². The lowest BCUT2D eigenvalue weighted by Crippen LogP contribution is -2.11. The van der Waals surface area contributed by atoms with Crippen LogP contribution in [0.3, 0.4) is 0 Å². The first-order chi connectivity index (χ1) is 6.95. The highest BCUT2D eigenvalue weighted by Crippen LogP contribution is 2.25. The first-order valence-electron chi connectivity index (χ1n) is 5.66. The first kappa shape index (κ1) is 12.3. The molecule has 0 saturated heterocycles. The van der Waals surface area contributed by atoms with Crippen LogP contribution >= 0.6 is 0 Å². The van der Waals surface area contributed by atoms with Gasteiger partial charge in [-0.2, -0.15) is 0 Å². The molecule has 84 valence electrons. The van der Waals surface area contributed by atoms with E-state index in [2.05, 4.69) is 52.0 Å². The summed E-state index contributed by atoms with van der Waals surface area (Å²) in [7, 11) is 0. The quantitative estimate of drug-likeness (QED) is 0.803. The molecule has 0 saturated carbocycles. The number of hydrogen-bond donors (Lipinski definition) is 1. The predicted octanol–water partition coefficient (Wildman–Crippen LogP) is 3.47. The van der Waals surface area contributed by atoms with E-state index in [0.29, 0.717) is 5.92 Å². The van der Waals surface area contributed by atoms with Crippen LogP contribution in [-0.2, 0) is 5.41 Å². The summed E-state index contributed by atoms with van der Waals surface area (Å²) in [5, 5.41) is 8.88. The van der Waals surface area contributed by atoms with Gasteiger partial charge in [0.2, 0.25) is 0 Å². The van der Waals surface area contributed by atoms with Gasteiger partial charge in [0.15, 0.2) is 0 Å². The second-order valence-corrected chi connectivity index (χ2v) is 5.29. The molecule has 0 amide bonds. The van der Waals surface area contributed by atoms with Gasteiger partial charge in [0.05, 0.1) is 0 Å². The highest BCUT2D eigenvalue weighted by molar-refractivity contribution is 5.29. The van der Waals surface area contributed by atoms with Crippen LogP contribution in [0.4, 0.5) is 0 Å². The summed E-state index contributed by atoms with van der Waals surface area (Å²) in [5.41, 5.74) is 2.90. The SMILES string of the molecule is CC(CCO)c1ccc(C(C)(C)C)cc1. The molecule has 0 spiro atoms. The average molecular weight is 206 g/mol. The second kappa shape index (κ2) is 4.80. The highest BCUT2D eigenvalue weighted by atomic mass is 16.3. The highest BCUT2D eigenvalue weighted by Gasteiger charge is 2.13. The van der Waals surface area contributed by atoms with Crippen molar-refractivity contribution in [3.63, 3.8) is 0 Å². The molecule has 1 nitrogen and oxygen atoms in total. The summed E-state index contributed by atoms with van der Waals surface area (Å²) in [6, 6.07) is 8.76. The van der Waals surface area contributed by atoms with Gasteiger partial charge in [-0.1, -0.05) is 52.0 Å². The smallest absolute Gasteiger partial charge is 0.0436 e. The van der Waals surface area contributed by atoms with Crippen LogP contribution in [0.25, 0.3) is 0 Å². The fourth-order valence-corrected chi connectivity index (χ4v) is 1.67. The van der Waals surface area contributed by atoms with Gasteiger partial charge < -0.3 is 5.11 Å². The van der Waals surface area contributed by atoms with Gasteiger partial charge in [-0.05, 0) is 28.9 Å². The summed E-state index contributed by atoms with van der Waals surface area (Å²) in [6.07, 6.45) is 0.842. The fourth-order valence-electron chi connectivity index (χ4n) is 1.67. The monoisotopic (exact) mass is 206 g/mol. The lowest BCUT2D eigenvalue weighted by molar-refractivity contribution is 0.278. The topological polar surface area (TPSA) is 20.2 Å². The number of hydrogen-bond acceptors (Lipinski definition) is 1. The molecule has 0 aliphatic carbocycles. The minimum absolute atomic E-state index is 0.221. The van der Waals surface area contributed by atoms with Crippen LogP contribution in [0.15, 0.2) is 24.3 Å². The van der Waals surface area contributed by atoms with E-state index >= 15 is 0 Å². The maximum atomic E-state index is 8.88. The average Bonchev–Trinajstić information content (AvgIpc) is 2.17. The normalized spacial score (nSPS) is 13.9. The zero-order valence-electron chi connectivity index (χ0n) is 10.2. The summed E-state index contributed by atoms with van der Waals surface area (Å²) in [5.74, 6) is 0.448. The van der Waals surface area contributed by atoms with E-state index < -0.39 is 0 Å². The van der Waals surface area contributed by atoms with E-state index in [9.17, 15) is 0 Å².